The van der Waals surface area contributed by atoms with Gasteiger partial charge in [-0.25, -0.2) is 0 Å². The molecule has 0 aliphatic heterocycles. The van der Waals surface area contributed by atoms with Gasteiger partial charge in [0, 0.05) is 6.42 Å². The molecule has 6 heavy (non-hydrogen) atoms. The van der Waals surface area contributed by atoms with Gasteiger partial charge in [0.2, 0.25) is 0 Å². The normalized spacial score (nSPS) is 8.33. The Hall–Kier alpha value is -0.440. The molecule has 0 N–H and O–H groups in total. The van der Waals surface area contributed by atoms with E-state index in [1.54, 1.807) is 0 Å². The molecule has 0 saturated heterocycles. The average molecular weight is 80.1 g/mol. The lowest BCUT2D eigenvalue weighted by atomic mass is 10.1. The molecule has 0 aromatic heterocycles. The summed E-state index contributed by atoms with van der Waals surface area (Å²) in [4.78, 5) is 0. The maximum atomic E-state index is 6.46. The summed E-state index contributed by atoms with van der Waals surface area (Å²) in [5.74, 6) is 3.52. The molecule has 0 nitrogen and oxygen atoms in total. The van der Waals surface area contributed by atoms with Crippen molar-refractivity contribution in [3.8, 4) is 5.92 Å². The Morgan fingerprint density at radius 3 is 2.17 bits per heavy atom. The molecule has 0 fully saturated rings. The zero-order valence-electron chi connectivity index (χ0n) is 4.21. The van der Waals surface area contributed by atoms with Gasteiger partial charge in [0.05, 0.1) is 0 Å². The van der Waals surface area contributed by atoms with Crippen LogP contribution in [0.2, 0.25) is 0 Å². The van der Waals surface area contributed by atoms with Gasteiger partial charge in [-0.05, 0) is 12.3 Å². The maximum Gasteiger partial charge on any atom is 0.0156 e. The molecule has 0 aliphatic carbocycles. The van der Waals surface area contributed by atoms with Crippen molar-refractivity contribution < 1.29 is 0 Å². The zero-order chi connectivity index (χ0) is 4.99. The molecule has 2 radical (unpaired) electrons. The van der Waals surface area contributed by atoms with E-state index in [1.807, 2.05) is 13.8 Å². The van der Waals surface area contributed by atoms with Crippen LogP contribution in [-0.4, -0.2) is 0 Å². The van der Waals surface area contributed by atoms with Crippen molar-refractivity contribution in [1.82, 2.24) is 0 Å². The molecule has 0 spiro atoms. The van der Waals surface area contributed by atoms with Crippen LogP contribution in [0.4, 0.5) is 0 Å². The first-order valence-corrected chi connectivity index (χ1v) is 1.96. The number of hydrogen-bond acceptors (Lipinski definition) is 0. The molecule has 32 valence electrons. The highest BCUT2D eigenvalue weighted by Gasteiger charge is 1.84. The molecule has 0 rings (SSSR count). The van der Waals surface area contributed by atoms with Crippen LogP contribution in [0.25, 0.3) is 0 Å². The second-order valence-electron chi connectivity index (χ2n) is 1.56. The van der Waals surface area contributed by atoms with E-state index in [1.165, 1.54) is 5.92 Å². The van der Waals surface area contributed by atoms with Gasteiger partial charge in [0.25, 0.3) is 0 Å². The van der Waals surface area contributed by atoms with Gasteiger partial charge in [-0.2, -0.15) is 0 Å². The minimum atomic E-state index is 0.708. The second-order valence-corrected chi connectivity index (χ2v) is 1.56. The van der Waals surface area contributed by atoms with Crippen molar-refractivity contribution in [3.63, 3.8) is 0 Å². The molecule has 0 aromatic rings. The largest absolute Gasteiger partial charge is 0.0885 e. The average Bonchev–Trinajstić information content (AvgIpc) is 1.35. The third-order valence-electron chi connectivity index (χ3n) is 0.442. The maximum absolute atomic E-state index is 6.46. The second kappa shape index (κ2) is 2.78. The summed E-state index contributed by atoms with van der Waals surface area (Å²) in [6, 6.07) is 0. The molecule has 0 unspecified atom stereocenters. The van der Waals surface area contributed by atoms with Gasteiger partial charge >= 0.3 is 0 Å². The Morgan fingerprint density at radius 2 is 2.17 bits per heavy atom. The number of rotatable bonds is 1. The van der Waals surface area contributed by atoms with Crippen LogP contribution in [-0.2, 0) is 0 Å². The van der Waals surface area contributed by atoms with E-state index in [9.17, 15) is 0 Å². The summed E-state index contributed by atoms with van der Waals surface area (Å²) in [5, 5.41) is 0. The molecule has 0 aliphatic rings. The molecule has 0 amide bonds. The zero-order valence-corrected chi connectivity index (χ0v) is 4.21. The first kappa shape index (κ1) is 5.56. The van der Waals surface area contributed by atoms with Crippen molar-refractivity contribution in [1.29, 1.82) is 0 Å². The van der Waals surface area contributed by atoms with E-state index >= 15 is 0 Å². The van der Waals surface area contributed by atoms with Crippen LogP contribution in [0.15, 0.2) is 0 Å². The Morgan fingerprint density at radius 1 is 1.67 bits per heavy atom. The lowest BCUT2D eigenvalue weighted by molar-refractivity contribution is 1.01. The molecule has 0 atom stereocenters. The van der Waals surface area contributed by atoms with Gasteiger partial charge in [0.1, 0.15) is 0 Å². The van der Waals surface area contributed by atoms with Crippen molar-refractivity contribution in [3.05, 3.63) is 12.3 Å². The fourth-order valence-corrected chi connectivity index (χ4v) is 0.177. The third-order valence-corrected chi connectivity index (χ3v) is 0.442. The molecule has 0 aromatic carbocycles. The van der Waals surface area contributed by atoms with Crippen molar-refractivity contribution in [2.75, 3.05) is 0 Å². The monoisotopic (exact) mass is 80.1 g/mol. The Bertz CT molecular complexity index is 54.9. The van der Waals surface area contributed by atoms with Gasteiger partial charge in [-0.15, -0.1) is 0 Å². The summed E-state index contributed by atoms with van der Waals surface area (Å²) >= 11 is 0. The quantitative estimate of drug-likeness (QED) is 0.419. The number of hydrogen-bond donors (Lipinski definition) is 0. The SMILES string of the molecule is [C]#CC[C](C)C. The van der Waals surface area contributed by atoms with Crippen molar-refractivity contribution >= 4 is 0 Å². The summed E-state index contributed by atoms with van der Waals surface area (Å²) in [5.41, 5.74) is 0. The van der Waals surface area contributed by atoms with E-state index in [4.69, 9.17) is 6.42 Å². The lowest BCUT2D eigenvalue weighted by Crippen LogP contribution is -1.76. The summed E-state index contributed by atoms with van der Waals surface area (Å²) in [7, 11) is 0. The first-order valence-electron chi connectivity index (χ1n) is 1.96. The Kier molecular flexibility index (Phi) is 2.58. The Balaban J connectivity index is 2.88. The first-order chi connectivity index (χ1) is 2.77. The topological polar surface area (TPSA) is 0 Å². The van der Waals surface area contributed by atoms with Gasteiger partial charge in [-0.3, -0.25) is 0 Å². The fourth-order valence-electron chi connectivity index (χ4n) is 0.177. The fraction of sp³-hybridized carbons (Fsp3) is 0.500. The van der Waals surface area contributed by atoms with Gasteiger partial charge < -0.3 is 0 Å². The third kappa shape index (κ3) is 3.56. The van der Waals surface area contributed by atoms with Crippen molar-refractivity contribution in [2.24, 2.45) is 0 Å². The van der Waals surface area contributed by atoms with E-state index in [0.29, 0.717) is 6.42 Å². The molecule has 0 heteroatoms. The minimum absolute atomic E-state index is 0.708. The van der Waals surface area contributed by atoms with Crippen LogP contribution in [0.1, 0.15) is 20.3 Å². The summed E-state index contributed by atoms with van der Waals surface area (Å²) in [6.07, 6.45) is 7.17. The summed E-state index contributed by atoms with van der Waals surface area (Å²) in [6.45, 7) is 3.98. The smallest absolute Gasteiger partial charge is 0.0156 e. The van der Waals surface area contributed by atoms with Gasteiger partial charge in [0.15, 0.2) is 0 Å². The van der Waals surface area contributed by atoms with Crippen LogP contribution >= 0.6 is 0 Å². The van der Waals surface area contributed by atoms with Crippen molar-refractivity contribution in [2.45, 2.75) is 20.3 Å². The van der Waals surface area contributed by atoms with E-state index in [2.05, 4.69) is 5.92 Å². The van der Waals surface area contributed by atoms with Crippen LogP contribution in [0.5, 0.6) is 0 Å². The minimum Gasteiger partial charge on any atom is -0.0885 e. The highest BCUT2D eigenvalue weighted by Crippen LogP contribution is 1.97. The van der Waals surface area contributed by atoms with Crippen LogP contribution < -0.4 is 0 Å². The molecule has 0 bridgehead atoms. The molecular weight excluding hydrogens is 72.1 g/mol. The van der Waals surface area contributed by atoms with E-state index < -0.39 is 0 Å². The van der Waals surface area contributed by atoms with Crippen LogP contribution in [0.3, 0.4) is 0 Å². The molecular formula is C6H8. The van der Waals surface area contributed by atoms with E-state index in [-0.39, 0.29) is 0 Å². The predicted molar refractivity (Wildman–Crippen MR) is 26.3 cm³/mol. The standard InChI is InChI=1S/C6H8/c1-4-5-6(2)3/h5H2,2-3H3. The molecule has 0 saturated carbocycles. The predicted octanol–water partition coefficient (Wildman–Crippen LogP) is 1.58. The summed E-state index contributed by atoms with van der Waals surface area (Å²) < 4.78 is 0. The van der Waals surface area contributed by atoms with Crippen LogP contribution in [0, 0.1) is 18.3 Å². The highest BCUT2D eigenvalue weighted by atomic mass is 13.9. The lowest BCUT2D eigenvalue weighted by Gasteiger charge is -1.89. The molecule has 0 heterocycles. The highest BCUT2D eigenvalue weighted by molar-refractivity contribution is 4.91. The van der Waals surface area contributed by atoms with E-state index in [0.717, 1.165) is 0 Å². The Labute approximate surface area is 39.6 Å². The van der Waals surface area contributed by atoms with Gasteiger partial charge in [-0.1, -0.05) is 19.8 Å².